The van der Waals surface area contributed by atoms with Crippen LogP contribution in [0, 0.1) is 0 Å². The number of rotatable bonds is 5. The summed E-state index contributed by atoms with van der Waals surface area (Å²) in [6.07, 6.45) is -4.76. The predicted octanol–water partition coefficient (Wildman–Crippen LogP) is 5.41. The second-order valence-corrected chi connectivity index (χ2v) is 5.54. The molecule has 0 aliphatic heterocycles. The van der Waals surface area contributed by atoms with Crippen LogP contribution in [0.15, 0.2) is 46.3 Å². The molecule has 3 nitrogen and oxygen atoms in total. The summed E-state index contributed by atoms with van der Waals surface area (Å²) in [6.45, 7) is 5.07. The number of aliphatic imine (C=N–C) groups is 1. The van der Waals surface area contributed by atoms with Gasteiger partial charge in [0.05, 0.1) is 10.0 Å². The van der Waals surface area contributed by atoms with Crippen molar-refractivity contribution in [2.24, 2.45) is 10.7 Å². The number of allylic oxidation sites excluding steroid dienone is 1. The van der Waals surface area contributed by atoms with E-state index in [0.717, 1.165) is 0 Å². The smallest absolute Gasteiger partial charge is 0.449 e. The second-order valence-electron chi connectivity index (χ2n) is 4.37. The fourth-order valence-electron chi connectivity index (χ4n) is 1.28. The van der Waals surface area contributed by atoms with E-state index in [0.29, 0.717) is 15.6 Å². The van der Waals surface area contributed by atoms with Crippen LogP contribution in [0.2, 0.25) is 10.0 Å². The number of nitrogens with two attached hydrogens (primary N) is 1. The zero-order valence-corrected chi connectivity index (χ0v) is 14.1. The molecule has 0 fully saturated rings. The molecule has 0 aliphatic carbocycles. The van der Waals surface area contributed by atoms with Crippen LogP contribution in [0.1, 0.15) is 12.5 Å². The maximum atomic E-state index is 12.3. The number of halogens is 6. The summed E-state index contributed by atoms with van der Waals surface area (Å²) in [5.74, 6) is -1.50. The van der Waals surface area contributed by atoms with E-state index < -0.39 is 17.2 Å². The molecule has 0 bridgehead atoms. The van der Waals surface area contributed by atoms with Crippen molar-refractivity contribution in [1.29, 1.82) is 0 Å². The summed E-state index contributed by atoms with van der Waals surface area (Å²) >= 11 is 17.3. The summed E-state index contributed by atoms with van der Waals surface area (Å²) in [7, 11) is 0. The molecule has 0 atom stereocenters. The number of alkyl halides is 3. The Hall–Kier alpha value is -1.37. The third-order valence-corrected chi connectivity index (χ3v) is 3.74. The first kappa shape index (κ1) is 19.7. The molecule has 9 heteroatoms. The van der Waals surface area contributed by atoms with E-state index in [1.54, 1.807) is 18.2 Å². The topological polar surface area (TPSA) is 47.6 Å². The lowest BCUT2D eigenvalue weighted by Gasteiger charge is -2.11. The van der Waals surface area contributed by atoms with Crippen molar-refractivity contribution in [2.45, 2.75) is 19.7 Å². The highest BCUT2D eigenvalue weighted by molar-refractivity contribution is 6.42. The van der Waals surface area contributed by atoms with E-state index >= 15 is 0 Å². The van der Waals surface area contributed by atoms with Crippen molar-refractivity contribution >= 4 is 40.6 Å². The Balaban J connectivity index is 2.80. The minimum absolute atomic E-state index is 0.0554. The zero-order valence-electron chi connectivity index (χ0n) is 11.8. The second kappa shape index (κ2) is 7.95. The van der Waals surface area contributed by atoms with Crippen LogP contribution in [-0.2, 0) is 11.3 Å². The van der Waals surface area contributed by atoms with Crippen LogP contribution in [0.4, 0.5) is 13.2 Å². The Morgan fingerprint density at radius 2 is 1.91 bits per heavy atom. The van der Waals surface area contributed by atoms with E-state index in [1.807, 2.05) is 0 Å². The van der Waals surface area contributed by atoms with Gasteiger partial charge in [0.15, 0.2) is 0 Å². The zero-order chi connectivity index (χ0) is 17.8. The van der Waals surface area contributed by atoms with Gasteiger partial charge in [0.25, 0.3) is 0 Å². The summed E-state index contributed by atoms with van der Waals surface area (Å²) in [4.78, 5) is 3.08. The Bertz CT molecular complexity index is 670. The van der Waals surface area contributed by atoms with Gasteiger partial charge in [-0.25, -0.2) is 4.99 Å². The molecular formula is C14H12Cl3F3N2O. The van der Waals surface area contributed by atoms with Crippen molar-refractivity contribution in [3.8, 4) is 0 Å². The molecule has 1 aromatic rings. The fourth-order valence-corrected chi connectivity index (χ4v) is 1.79. The van der Waals surface area contributed by atoms with Crippen LogP contribution < -0.4 is 5.73 Å². The van der Waals surface area contributed by atoms with Gasteiger partial charge in [-0.2, -0.15) is 13.2 Å². The van der Waals surface area contributed by atoms with Gasteiger partial charge >= 0.3 is 6.18 Å². The Kier molecular flexibility index (Phi) is 6.80. The molecule has 126 valence electrons. The number of benzene rings is 1. The highest BCUT2D eigenvalue weighted by Gasteiger charge is 2.33. The highest BCUT2D eigenvalue weighted by atomic mass is 35.5. The van der Waals surface area contributed by atoms with Gasteiger partial charge in [0, 0.05) is 5.57 Å². The first-order chi connectivity index (χ1) is 10.5. The lowest BCUT2D eigenvalue weighted by molar-refractivity contribution is -0.0598. The molecule has 23 heavy (non-hydrogen) atoms. The Morgan fingerprint density at radius 3 is 2.43 bits per heavy atom. The van der Waals surface area contributed by atoms with Gasteiger partial charge in [-0.05, 0) is 24.6 Å². The minimum Gasteiger partial charge on any atom is -0.489 e. The molecule has 0 aromatic heterocycles. The van der Waals surface area contributed by atoms with Gasteiger partial charge in [0.1, 0.15) is 17.5 Å². The SMILES string of the molecule is C=C(OCc1ccc(Cl)c(Cl)c1)/C(C)=C(Cl)\N=C(/N)C(F)(F)F. The Labute approximate surface area is 146 Å². The van der Waals surface area contributed by atoms with Gasteiger partial charge in [-0.1, -0.05) is 47.4 Å². The fraction of sp³-hybridized carbons (Fsp3) is 0.214. The number of hydrogen-bond donors (Lipinski definition) is 1. The van der Waals surface area contributed by atoms with Crippen molar-refractivity contribution in [2.75, 3.05) is 0 Å². The standard InChI is InChI=1S/C14H12Cl3F3N2O/c1-7(12(17)22-13(21)14(18,19)20)8(2)23-6-9-3-4-10(15)11(16)5-9/h3-5H,2,6H2,1H3,(H2,21,22)/b12-7-. The molecule has 1 rings (SSSR count). The molecule has 0 unspecified atom stereocenters. The quantitative estimate of drug-likeness (QED) is 0.241. The maximum Gasteiger partial charge on any atom is 0.449 e. The molecule has 0 radical (unpaired) electrons. The molecule has 0 amide bonds. The molecular weight excluding hydrogens is 376 g/mol. The molecule has 0 aliphatic rings. The van der Waals surface area contributed by atoms with Crippen LogP contribution in [0.3, 0.4) is 0 Å². The number of nitrogens with zero attached hydrogens (tertiary/aromatic N) is 1. The van der Waals surface area contributed by atoms with E-state index in [9.17, 15) is 13.2 Å². The summed E-state index contributed by atoms with van der Waals surface area (Å²) in [6, 6.07) is 4.87. The molecule has 0 saturated carbocycles. The third-order valence-electron chi connectivity index (χ3n) is 2.63. The van der Waals surface area contributed by atoms with Crippen LogP contribution in [0.5, 0.6) is 0 Å². The number of amidine groups is 1. The highest BCUT2D eigenvalue weighted by Crippen LogP contribution is 2.25. The minimum atomic E-state index is -4.76. The van der Waals surface area contributed by atoms with Crippen molar-refractivity contribution in [3.05, 3.63) is 56.9 Å². The summed E-state index contributed by atoms with van der Waals surface area (Å²) in [5.41, 5.74) is 5.62. The van der Waals surface area contributed by atoms with Crippen LogP contribution >= 0.6 is 34.8 Å². The largest absolute Gasteiger partial charge is 0.489 e. The maximum absolute atomic E-state index is 12.3. The molecule has 1 aromatic carbocycles. The average molecular weight is 388 g/mol. The normalized spacial score (nSPS) is 13.6. The van der Waals surface area contributed by atoms with Crippen molar-refractivity contribution in [3.63, 3.8) is 0 Å². The van der Waals surface area contributed by atoms with Crippen LogP contribution in [-0.4, -0.2) is 12.0 Å². The summed E-state index contributed by atoms with van der Waals surface area (Å²) < 4.78 is 42.2. The predicted molar refractivity (Wildman–Crippen MR) is 86.6 cm³/mol. The lowest BCUT2D eigenvalue weighted by Crippen LogP contribution is -2.31. The van der Waals surface area contributed by atoms with E-state index in [1.165, 1.54) is 6.92 Å². The third kappa shape index (κ3) is 5.97. The Morgan fingerprint density at radius 1 is 1.30 bits per heavy atom. The number of hydrogen-bond acceptors (Lipinski definition) is 2. The van der Waals surface area contributed by atoms with Crippen molar-refractivity contribution < 1.29 is 17.9 Å². The number of ether oxygens (including phenoxy) is 1. The average Bonchev–Trinajstić information content (AvgIpc) is 2.46. The summed E-state index contributed by atoms with van der Waals surface area (Å²) in [5, 5.41) is 0.288. The molecule has 0 spiro atoms. The lowest BCUT2D eigenvalue weighted by atomic mass is 10.2. The first-order valence-corrected chi connectivity index (χ1v) is 7.19. The van der Waals surface area contributed by atoms with Gasteiger partial charge < -0.3 is 10.5 Å². The van der Waals surface area contributed by atoms with E-state index in [-0.39, 0.29) is 17.9 Å². The van der Waals surface area contributed by atoms with Crippen LogP contribution in [0.25, 0.3) is 0 Å². The molecule has 0 heterocycles. The van der Waals surface area contributed by atoms with E-state index in [4.69, 9.17) is 45.3 Å². The van der Waals surface area contributed by atoms with Gasteiger partial charge in [0.2, 0.25) is 5.84 Å². The first-order valence-electron chi connectivity index (χ1n) is 6.06. The monoisotopic (exact) mass is 386 g/mol. The van der Waals surface area contributed by atoms with E-state index in [2.05, 4.69) is 11.6 Å². The van der Waals surface area contributed by atoms with Gasteiger partial charge in [-0.3, -0.25) is 0 Å². The van der Waals surface area contributed by atoms with Gasteiger partial charge in [-0.15, -0.1) is 0 Å². The molecule has 0 saturated heterocycles. The van der Waals surface area contributed by atoms with Crippen molar-refractivity contribution in [1.82, 2.24) is 0 Å². The molecule has 2 N–H and O–H groups in total.